The van der Waals surface area contributed by atoms with Crippen LogP contribution in [0.2, 0.25) is 5.02 Å². The molecule has 1 aliphatic heterocycles. The maximum Gasteiger partial charge on any atom is 0.243 e. The zero-order valence-electron chi connectivity index (χ0n) is 18.5. The Morgan fingerprint density at radius 3 is 2.61 bits per heavy atom. The van der Waals surface area contributed by atoms with Gasteiger partial charge in [0, 0.05) is 26.1 Å². The molecule has 33 heavy (non-hydrogen) atoms. The number of hydrogen-bond acceptors (Lipinski definition) is 8. The molecule has 1 aromatic carbocycles. The first kappa shape index (κ1) is 23.6. The summed E-state index contributed by atoms with van der Waals surface area (Å²) >= 11 is 5.86. The zero-order chi connectivity index (χ0) is 23.6. The van der Waals surface area contributed by atoms with E-state index in [1.165, 1.54) is 26.4 Å². The first-order valence-electron chi connectivity index (χ1n) is 10.5. The van der Waals surface area contributed by atoms with Gasteiger partial charge >= 0.3 is 0 Å². The highest BCUT2D eigenvalue weighted by Gasteiger charge is 2.35. The lowest BCUT2D eigenvalue weighted by molar-refractivity contribution is 0.0950. The van der Waals surface area contributed by atoms with Crippen LogP contribution in [-0.4, -0.2) is 52.1 Å². The van der Waals surface area contributed by atoms with E-state index in [0.717, 1.165) is 24.1 Å². The Bertz CT molecular complexity index is 1210. The van der Waals surface area contributed by atoms with Crippen molar-refractivity contribution in [3.8, 4) is 5.69 Å². The minimum absolute atomic E-state index is 0.0773. The number of nitrogens with one attached hydrogen (secondary N) is 1. The fraction of sp³-hybridized carbons (Fsp3) is 0.429. The van der Waals surface area contributed by atoms with Crippen LogP contribution in [0.5, 0.6) is 0 Å². The van der Waals surface area contributed by atoms with Gasteiger partial charge in [0.15, 0.2) is 11.6 Å². The third-order valence-electron chi connectivity index (χ3n) is 5.56. The predicted octanol–water partition coefficient (Wildman–Crippen LogP) is 3.39. The summed E-state index contributed by atoms with van der Waals surface area (Å²) in [5.41, 5.74) is 1.71. The van der Waals surface area contributed by atoms with E-state index in [-0.39, 0.29) is 17.9 Å². The summed E-state index contributed by atoms with van der Waals surface area (Å²) in [5.74, 6) is 0.838. The highest BCUT2D eigenvalue weighted by Crippen LogP contribution is 2.33. The highest BCUT2D eigenvalue weighted by atomic mass is 35.5. The molecular formula is C21H25ClN6O4S. The zero-order valence-corrected chi connectivity index (χ0v) is 20.0. The molecule has 3 aromatic rings. The molecule has 10 nitrogen and oxygen atoms in total. The Balaban J connectivity index is 1.70. The van der Waals surface area contributed by atoms with Gasteiger partial charge in [0.1, 0.15) is 17.5 Å². The maximum absolute atomic E-state index is 13.4. The fourth-order valence-electron chi connectivity index (χ4n) is 3.76. The van der Waals surface area contributed by atoms with Crippen molar-refractivity contribution >= 4 is 27.6 Å². The second kappa shape index (κ2) is 9.72. The van der Waals surface area contributed by atoms with Crippen molar-refractivity contribution in [3.63, 3.8) is 0 Å². The van der Waals surface area contributed by atoms with Crippen molar-refractivity contribution in [2.75, 3.05) is 18.4 Å². The molecule has 0 amide bonds. The fourth-order valence-corrected chi connectivity index (χ4v) is 4.99. The van der Waals surface area contributed by atoms with Crippen LogP contribution in [0.15, 0.2) is 36.7 Å². The lowest BCUT2D eigenvalue weighted by Gasteiger charge is -2.22. The number of methoxy groups -OCH3 is 1. The number of rotatable bonds is 8. The highest BCUT2D eigenvalue weighted by molar-refractivity contribution is 7.93. The number of para-hydroxylation sites is 1. The Morgan fingerprint density at radius 1 is 1.24 bits per heavy atom. The summed E-state index contributed by atoms with van der Waals surface area (Å²) in [6.07, 6.45) is 3.29. The quantitative estimate of drug-likeness (QED) is 0.508. The number of nitrogens with zero attached hydrogens (tertiary/aromatic N) is 5. The number of hydrogen-bond donors (Lipinski definition) is 1. The third kappa shape index (κ3) is 4.86. The van der Waals surface area contributed by atoms with Crippen LogP contribution in [0.3, 0.4) is 0 Å². The van der Waals surface area contributed by atoms with E-state index >= 15 is 0 Å². The topological polar surface area (TPSA) is 121 Å². The van der Waals surface area contributed by atoms with Gasteiger partial charge in [0.05, 0.1) is 10.7 Å². The monoisotopic (exact) mass is 492 g/mol. The molecule has 1 saturated heterocycles. The largest absolute Gasteiger partial charge is 0.372 e. The average Bonchev–Trinajstić information content (AvgIpc) is 3.46. The van der Waals surface area contributed by atoms with Crippen molar-refractivity contribution in [3.05, 3.63) is 58.9 Å². The number of aryl methyl sites for hydroxylation is 1. The number of anilines is 1. The SMILES string of the molecule is CO[C@H](c1ncc(Cl)cn1)[C@H](C)S(=O)(=O)Nc1nnc([C@@H]2CCCO2)n1-c1ccccc1C. The third-order valence-corrected chi connectivity index (χ3v) is 7.45. The first-order chi connectivity index (χ1) is 15.8. The van der Waals surface area contributed by atoms with Gasteiger partial charge in [-0.05, 0) is 38.3 Å². The molecule has 0 aliphatic carbocycles. The average molecular weight is 493 g/mol. The predicted molar refractivity (Wildman–Crippen MR) is 123 cm³/mol. The normalized spacial score (nSPS) is 18.2. The molecule has 0 saturated carbocycles. The Kier molecular flexibility index (Phi) is 6.94. The second-order valence-electron chi connectivity index (χ2n) is 7.77. The van der Waals surface area contributed by atoms with Crippen molar-refractivity contribution in [1.82, 2.24) is 24.7 Å². The number of aromatic nitrogens is 5. The van der Waals surface area contributed by atoms with Crippen LogP contribution in [0.4, 0.5) is 5.95 Å². The second-order valence-corrected chi connectivity index (χ2v) is 10.2. The van der Waals surface area contributed by atoms with Crippen molar-refractivity contribution in [1.29, 1.82) is 0 Å². The van der Waals surface area contributed by atoms with Gasteiger partial charge < -0.3 is 9.47 Å². The lowest BCUT2D eigenvalue weighted by atomic mass is 10.2. The molecule has 0 unspecified atom stereocenters. The number of sulfonamides is 1. The van der Waals surface area contributed by atoms with E-state index in [2.05, 4.69) is 24.9 Å². The van der Waals surface area contributed by atoms with Gasteiger partial charge in [-0.3, -0.25) is 9.29 Å². The number of halogens is 1. The molecular weight excluding hydrogens is 468 g/mol. The molecule has 2 aromatic heterocycles. The Labute approximate surface area is 197 Å². The first-order valence-corrected chi connectivity index (χ1v) is 12.4. The minimum atomic E-state index is -3.99. The molecule has 3 atom stereocenters. The smallest absolute Gasteiger partial charge is 0.243 e. The molecule has 0 radical (unpaired) electrons. The molecule has 1 fully saturated rings. The number of ether oxygens (including phenoxy) is 2. The summed E-state index contributed by atoms with van der Waals surface area (Å²) in [6, 6.07) is 7.61. The van der Waals surface area contributed by atoms with Crippen LogP contribution >= 0.6 is 11.6 Å². The molecule has 3 heterocycles. The van der Waals surface area contributed by atoms with Crippen LogP contribution in [0.25, 0.3) is 5.69 Å². The summed E-state index contributed by atoms with van der Waals surface area (Å²) in [5, 5.41) is 7.75. The molecule has 1 N–H and O–H groups in total. The van der Waals surface area contributed by atoms with Crippen LogP contribution < -0.4 is 4.72 Å². The number of benzene rings is 1. The summed E-state index contributed by atoms with van der Waals surface area (Å²) in [7, 11) is -2.59. The van der Waals surface area contributed by atoms with E-state index in [1.54, 1.807) is 4.57 Å². The van der Waals surface area contributed by atoms with E-state index < -0.39 is 21.4 Å². The molecule has 0 bridgehead atoms. The maximum atomic E-state index is 13.4. The summed E-state index contributed by atoms with van der Waals surface area (Å²) < 4.78 is 42.2. The summed E-state index contributed by atoms with van der Waals surface area (Å²) in [6.45, 7) is 4.08. The lowest BCUT2D eigenvalue weighted by Crippen LogP contribution is -2.33. The van der Waals surface area contributed by atoms with E-state index in [9.17, 15) is 8.42 Å². The molecule has 0 spiro atoms. The van der Waals surface area contributed by atoms with E-state index in [4.69, 9.17) is 21.1 Å². The van der Waals surface area contributed by atoms with Gasteiger partial charge in [0.2, 0.25) is 16.0 Å². The molecule has 176 valence electrons. The van der Waals surface area contributed by atoms with Crippen molar-refractivity contribution < 1.29 is 17.9 Å². The molecule has 1 aliphatic rings. The van der Waals surface area contributed by atoms with E-state index in [1.807, 2.05) is 31.2 Å². The standard InChI is InChI=1S/C21H25ClN6O4S/c1-13-7-4-5-8-16(13)28-20(17-9-6-10-32-17)25-26-21(28)27-33(29,30)14(2)18(31-3)19-23-11-15(22)12-24-19/h4-5,7-8,11-12,14,17-18H,6,9-10H2,1-3H3,(H,26,27)/t14-,17-,18-/m0/s1. The van der Waals surface area contributed by atoms with Crippen molar-refractivity contribution in [2.45, 2.75) is 44.1 Å². The van der Waals surface area contributed by atoms with Crippen molar-refractivity contribution in [2.24, 2.45) is 0 Å². The van der Waals surface area contributed by atoms with E-state index in [0.29, 0.717) is 17.5 Å². The summed E-state index contributed by atoms with van der Waals surface area (Å²) in [4.78, 5) is 8.23. The minimum Gasteiger partial charge on any atom is -0.372 e. The van der Waals surface area contributed by atoms with Gasteiger partial charge in [-0.2, -0.15) is 0 Å². The molecule has 12 heteroatoms. The van der Waals surface area contributed by atoms with Gasteiger partial charge in [-0.15, -0.1) is 10.2 Å². The Morgan fingerprint density at radius 2 is 1.97 bits per heavy atom. The van der Waals surface area contributed by atoms with Crippen LogP contribution in [-0.2, 0) is 19.5 Å². The van der Waals surface area contributed by atoms with Gasteiger partial charge in [0.25, 0.3) is 0 Å². The van der Waals surface area contributed by atoms with Crippen LogP contribution in [0.1, 0.15) is 49.2 Å². The van der Waals surface area contributed by atoms with Gasteiger partial charge in [-0.1, -0.05) is 29.8 Å². The molecule has 4 rings (SSSR count). The van der Waals surface area contributed by atoms with Gasteiger partial charge in [-0.25, -0.2) is 18.4 Å². The Hall–Kier alpha value is -2.60. The van der Waals surface area contributed by atoms with Crippen LogP contribution in [0, 0.1) is 6.92 Å².